The van der Waals surface area contributed by atoms with Gasteiger partial charge in [-0.25, -0.2) is 13.8 Å². The van der Waals surface area contributed by atoms with E-state index in [0.717, 1.165) is 10.2 Å². The Bertz CT molecular complexity index is 1380. The summed E-state index contributed by atoms with van der Waals surface area (Å²) >= 11 is 0. The molecule has 0 saturated heterocycles. The molecule has 4 rings (SSSR count). The minimum absolute atomic E-state index is 0.149. The van der Waals surface area contributed by atoms with Gasteiger partial charge in [-0.1, -0.05) is 30.3 Å². The summed E-state index contributed by atoms with van der Waals surface area (Å²) in [5.41, 5.74) is 1.86. The maximum absolute atomic E-state index is 13.1. The fourth-order valence-corrected chi connectivity index (χ4v) is 3.20. The van der Waals surface area contributed by atoms with E-state index in [9.17, 15) is 18.8 Å². The third-order valence-corrected chi connectivity index (χ3v) is 4.88. The first kappa shape index (κ1) is 21.8. The van der Waals surface area contributed by atoms with Crippen LogP contribution < -0.4 is 16.4 Å². The number of nitrogens with one attached hydrogen (secondary N) is 1. The normalized spacial score (nSPS) is 10.7. The van der Waals surface area contributed by atoms with E-state index in [-0.39, 0.29) is 31.0 Å². The van der Waals surface area contributed by atoms with Gasteiger partial charge in [0, 0.05) is 29.8 Å². The Hall–Kier alpha value is -4.40. The first-order valence-electron chi connectivity index (χ1n) is 10.2. The van der Waals surface area contributed by atoms with Gasteiger partial charge in [0.1, 0.15) is 12.4 Å². The summed E-state index contributed by atoms with van der Waals surface area (Å²) in [5, 5.41) is 11.2. The van der Waals surface area contributed by atoms with Gasteiger partial charge in [-0.05, 0) is 36.4 Å². The van der Waals surface area contributed by atoms with Crippen LogP contribution in [0.3, 0.4) is 0 Å². The Kier molecular flexibility index (Phi) is 6.49. The quantitative estimate of drug-likeness (QED) is 0.470. The third kappa shape index (κ3) is 5.45. The van der Waals surface area contributed by atoms with E-state index in [1.807, 2.05) is 30.3 Å². The second kappa shape index (κ2) is 9.82. The van der Waals surface area contributed by atoms with Crippen LogP contribution in [0.15, 0.2) is 88.5 Å². The number of benzene rings is 2. The summed E-state index contributed by atoms with van der Waals surface area (Å²) < 4.78 is 15.5. The summed E-state index contributed by atoms with van der Waals surface area (Å²) in [7, 11) is 0. The zero-order valence-corrected chi connectivity index (χ0v) is 17.5. The van der Waals surface area contributed by atoms with Crippen molar-refractivity contribution >= 4 is 5.91 Å². The fourth-order valence-electron chi connectivity index (χ4n) is 3.20. The summed E-state index contributed by atoms with van der Waals surface area (Å²) in [6.45, 7) is 0.0276. The molecule has 0 atom stereocenters. The van der Waals surface area contributed by atoms with Crippen LogP contribution in [0.4, 0.5) is 4.39 Å². The number of rotatable bonds is 7. The molecule has 0 saturated carbocycles. The van der Waals surface area contributed by atoms with Crippen LogP contribution in [0.25, 0.3) is 22.5 Å². The van der Waals surface area contributed by atoms with Crippen molar-refractivity contribution < 1.29 is 9.18 Å². The van der Waals surface area contributed by atoms with Crippen molar-refractivity contribution in [3.05, 3.63) is 105 Å². The molecule has 4 aromatic rings. The minimum atomic E-state index is -0.440. The van der Waals surface area contributed by atoms with Crippen LogP contribution in [0.1, 0.15) is 0 Å². The standard InChI is InChI=1S/C24H20FN5O3/c25-19-8-6-18(7-9-19)21-11-13-24(33)30(28-21)16-22(31)26-14-15-29-23(32)12-10-20(27-29)17-4-2-1-3-5-17/h1-13H,14-16H2,(H,26,31). The van der Waals surface area contributed by atoms with Crippen molar-refractivity contribution in [3.63, 3.8) is 0 Å². The highest BCUT2D eigenvalue weighted by Gasteiger charge is 2.09. The van der Waals surface area contributed by atoms with Gasteiger partial charge in [0.15, 0.2) is 0 Å². The largest absolute Gasteiger partial charge is 0.353 e. The lowest BCUT2D eigenvalue weighted by Gasteiger charge is -2.10. The van der Waals surface area contributed by atoms with Gasteiger partial charge >= 0.3 is 0 Å². The molecule has 0 aliphatic carbocycles. The van der Waals surface area contributed by atoms with Crippen molar-refractivity contribution in [2.45, 2.75) is 13.1 Å². The number of hydrogen-bond acceptors (Lipinski definition) is 5. The highest BCUT2D eigenvalue weighted by atomic mass is 19.1. The zero-order chi connectivity index (χ0) is 23.2. The molecular weight excluding hydrogens is 425 g/mol. The first-order valence-corrected chi connectivity index (χ1v) is 10.2. The van der Waals surface area contributed by atoms with Crippen LogP contribution in [0.2, 0.25) is 0 Å². The highest BCUT2D eigenvalue weighted by Crippen LogP contribution is 2.16. The highest BCUT2D eigenvalue weighted by molar-refractivity contribution is 5.75. The second-order valence-electron chi connectivity index (χ2n) is 7.22. The van der Waals surface area contributed by atoms with Crippen molar-refractivity contribution in [2.24, 2.45) is 0 Å². The first-order chi connectivity index (χ1) is 16.0. The van der Waals surface area contributed by atoms with Gasteiger partial charge < -0.3 is 5.32 Å². The van der Waals surface area contributed by atoms with E-state index in [0.29, 0.717) is 17.0 Å². The van der Waals surface area contributed by atoms with E-state index >= 15 is 0 Å². The van der Waals surface area contributed by atoms with Crippen LogP contribution in [-0.2, 0) is 17.9 Å². The number of carbonyl (C=O) groups excluding carboxylic acids is 1. The lowest BCUT2D eigenvalue weighted by Crippen LogP contribution is -2.36. The molecule has 0 fully saturated rings. The maximum Gasteiger partial charge on any atom is 0.267 e. The van der Waals surface area contributed by atoms with Gasteiger partial charge in [0.05, 0.1) is 17.9 Å². The predicted molar refractivity (Wildman–Crippen MR) is 121 cm³/mol. The Labute approximate surface area is 187 Å². The summed E-state index contributed by atoms with van der Waals surface area (Å²) in [6, 6.07) is 21.0. The summed E-state index contributed by atoms with van der Waals surface area (Å²) in [5.74, 6) is -0.817. The average Bonchev–Trinajstić information content (AvgIpc) is 2.83. The molecule has 0 spiro atoms. The van der Waals surface area contributed by atoms with Crippen LogP contribution in [0, 0.1) is 5.82 Å². The van der Waals surface area contributed by atoms with Gasteiger partial charge in [0.25, 0.3) is 11.1 Å². The molecule has 0 aliphatic heterocycles. The molecule has 0 radical (unpaired) electrons. The maximum atomic E-state index is 13.1. The lowest BCUT2D eigenvalue weighted by atomic mass is 10.1. The Morgan fingerprint density at radius 1 is 0.758 bits per heavy atom. The number of amides is 1. The summed E-state index contributed by atoms with van der Waals surface area (Å²) in [6.07, 6.45) is 0. The molecular formula is C24H20FN5O3. The average molecular weight is 445 g/mol. The van der Waals surface area contributed by atoms with E-state index in [1.54, 1.807) is 18.2 Å². The van der Waals surface area contributed by atoms with Crippen molar-refractivity contribution in [1.29, 1.82) is 0 Å². The van der Waals surface area contributed by atoms with Gasteiger partial charge in [-0.3, -0.25) is 14.4 Å². The topological polar surface area (TPSA) is 98.9 Å². The Morgan fingerprint density at radius 3 is 2.00 bits per heavy atom. The van der Waals surface area contributed by atoms with E-state index in [1.165, 1.54) is 35.0 Å². The molecule has 0 unspecified atom stereocenters. The molecule has 0 bridgehead atoms. The molecule has 8 nitrogen and oxygen atoms in total. The van der Waals surface area contributed by atoms with Gasteiger partial charge in [-0.2, -0.15) is 10.2 Å². The number of carbonyl (C=O) groups is 1. The summed E-state index contributed by atoms with van der Waals surface area (Å²) in [4.78, 5) is 36.6. The van der Waals surface area contributed by atoms with E-state index in [4.69, 9.17) is 0 Å². The van der Waals surface area contributed by atoms with Crippen molar-refractivity contribution in [3.8, 4) is 22.5 Å². The van der Waals surface area contributed by atoms with Crippen molar-refractivity contribution in [2.75, 3.05) is 6.54 Å². The molecule has 0 aliphatic rings. The van der Waals surface area contributed by atoms with Crippen LogP contribution >= 0.6 is 0 Å². The molecule has 166 valence electrons. The second-order valence-corrected chi connectivity index (χ2v) is 7.22. The minimum Gasteiger partial charge on any atom is -0.353 e. The number of aromatic nitrogens is 4. The van der Waals surface area contributed by atoms with Gasteiger partial charge in [-0.15, -0.1) is 0 Å². The fraction of sp³-hybridized carbons (Fsp3) is 0.125. The number of hydrogen-bond donors (Lipinski definition) is 1. The van der Waals surface area contributed by atoms with E-state index in [2.05, 4.69) is 15.5 Å². The monoisotopic (exact) mass is 445 g/mol. The lowest BCUT2D eigenvalue weighted by molar-refractivity contribution is -0.121. The smallest absolute Gasteiger partial charge is 0.267 e. The Morgan fingerprint density at radius 2 is 1.33 bits per heavy atom. The van der Waals surface area contributed by atoms with E-state index < -0.39 is 11.5 Å². The SMILES string of the molecule is O=C(Cn1nc(-c2ccc(F)cc2)ccc1=O)NCCn1nc(-c2ccccc2)ccc1=O. The molecule has 2 heterocycles. The van der Waals surface area contributed by atoms with Crippen molar-refractivity contribution in [1.82, 2.24) is 24.9 Å². The zero-order valence-electron chi connectivity index (χ0n) is 17.5. The van der Waals surface area contributed by atoms with Crippen LogP contribution in [0.5, 0.6) is 0 Å². The molecule has 1 amide bonds. The molecule has 2 aromatic heterocycles. The predicted octanol–water partition coefficient (Wildman–Crippen LogP) is 2.09. The molecule has 1 N–H and O–H groups in total. The molecule has 9 heteroatoms. The molecule has 33 heavy (non-hydrogen) atoms. The molecule has 2 aromatic carbocycles. The number of halogens is 1. The van der Waals surface area contributed by atoms with Crippen LogP contribution in [-0.4, -0.2) is 32.0 Å². The van der Waals surface area contributed by atoms with Gasteiger partial charge in [0.2, 0.25) is 5.91 Å². The Balaban J connectivity index is 1.39. The third-order valence-electron chi connectivity index (χ3n) is 4.88. The number of nitrogens with zero attached hydrogens (tertiary/aromatic N) is 4.